The second-order valence-corrected chi connectivity index (χ2v) is 5.24. The summed E-state index contributed by atoms with van der Waals surface area (Å²) in [5, 5.41) is 0. The van der Waals surface area contributed by atoms with Crippen LogP contribution in [0, 0.1) is 5.92 Å². The Bertz CT molecular complexity index is 331. The van der Waals surface area contributed by atoms with Crippen LogP contribution in [0.4, 0.5) is 0 Å². The summed E-state index contributed by atoms with van der Waals surface area (Å²) in [5.41, 5.74) is -2.14. The minimum absolute atomic E-state index is 0.378. The fraction of sp³-hybridized carbons (Fsp3) is 1.00. The summed E-state index contributed by atoms with van der Waals surface area (Å²) in [6.45, 7) is 0.632. The van der Waals surface area contributed by atoms with Crippen molar-refractivity contribution >= 4 is 11.8 Å². The van der Waals surface area contributed by atoms with Gasteiger partial charge in [0.2, 0.25) is 0 Å². The lowest BCUT2D eigenvalue weighted by Gasteiger charge is -2.50. The smallest absolute Gasteiger partial charge is 0.101 e. The third-order valence-corrected chi connectivity index (χ3v) is 4.54. The van der Waals surface area contributed by atoms with Gasteiger partial charge in [0, 0.05) is 16.4 Å². The number of ether oxygens (including phenoxy) is 1. The average Bonchev–Trinajstić information content (AvgIpc) is 2.58. The number of thioether (sulfide) groups is 1. The van der Waals surface area contributed by atoms with Gasteiger partial charge in [0.25, 0.3) is 0 Å². The van der Waals surface area contributed by atoms with E-state index < -0.39 is 12.3 Å². The Kier molecular flexibility index (Phi) is 1.19. The zero-order valence-electron chi connectivity index (χ0n) is 11.6. The van der Waals surface area contributed by atoms with Crippen molar-refractivity contribution in [2.45, 2.75) is 30.7 Å². The molecule has 4 aliphatic heterocycles. The third-order valence-electron chi connectivity index (χ3n) is 3.57. The van der Waals surface area contributed by atoms with E-state index in [-0.39, 0.29) is 5.60 Å². The highest BCUT2D eigenvalue weighted by atomic mass is 32.2. The van der Waals surface area contributed by atoms with Crippen molar-refractivity contribution in [3.8, 4) is 0 Å². The summed E-state index contributed by atoms with van der Waals surface area (Å²) in [6.07, 6.45) is 2.16. The Morgan fingerprint density at radius 1 is 1.62 bits per heavy atom. The molecule has 1 spiro atoms. The Labute approximate surface area is 89.6 Å². The molecule has 0 aromatic carbocycles. The molecule has 0 aromatic heterocycles. The minimum atomic E-state index is -2.37. The SMILES string of the molecule is [2H]C([2H])([2H])[C@@]1([2H])O[C@]2(CS1)CN1CCC2CC1. The average molecular weight is 203 g/mol. The zero-order valence-corrected chi connectivity index (χ0v) is 8.40. The van der Waals surface area contributed by atoms with Gasteiger partial charge < -0.3 is 9.64 Å². The van der Waals surface area contributed by atoms with Crippen LogP contribution in [0.2, 0.25) is 0 Å². The fourth-order valence-electron chi connectivity index (χ4n) is 2.84. The molecule has 2 atom stereocenters. The summed E-state index contributed by atoms with van der Waals surface area (Å²) in [6, 6.07) is 0. The van der Waals surface area contributed by atoms with Crippen LogP contribution in [0.5, 0.6) is 0 Å². The Morgan fingerprint density at radius 2 is 2.46 bits per heavy atom. The van der Waals surface area contributed by atoms with Crippen LogP contribution in [-0.2, 0) is 4.74 Å². The van der Waals surface area contributed by atoms with Crippen LogP contribution in [-0.4, -0.2) is 41.3 Å². The molecule has 4 saturated heterocycles. The number of fused-ring (bicyclic) bond motifs is 2. The van der Waals surface area contributed by atoms with E-state index >= 15 is 0 Å². The predicted octanol–water partition coefficient (Wildman–Crippen LogP) is 1.56. The molecule has 4 aliphatic rings. The van der Waals surface area contributed by atoms with E-state index in [4.69, 9.17) is 10.2 Å². The van der Waals surface area contributed by atoms with Gasteiger partial charge in [0.05, 0.1) is 6.97 Å². The Balaban J connectivity index is 1.84. The predicted molar refractivity (Wildman–Crippen MR) is 54.9 cm³/mol. The Morgan fingerprint density at radius 3 is 3.00 bits per heavy atom. The largest absolute Gasteiger partial charge is 0.359 e. The Hall–Kier alpha value is 0.270. The van der Waals surface area contributed by atoms with Gasteiger partial charge in [0.15, 0.2) is 0 Å². The molecule has 4 fully saturated rings. The van der Waals surface area contributed by atoms with Gasteiger partial charge >= 0.3 is 0 Å². The number of hydrogen-bond acceptors (Lipinski definition) is 3. The number of piperidine rings is 3. The second-order valence-electron chi connectivity index (χ2n) is 4.29. The highest BCUT2D eigenvalue weighted by Gasteiger charge is 2.51. The summed E-state index contributed by atoms with van der Waals surface area (Å²) < 4.78 is 36.2. The maximum absolute atomic E-state index is 8.03. The van der Waals surface area contributed by atoms with Gasteiger partial charge in [-0.1, -0.05) is 0 Å². The normalized spacial score (nSPS) is 65.8. The van der Waals surface area contributed by atoms with Crippen LogP contribution < -0.4 is 0 Å². The molecule has 13 heavy (non-hydrogen) atoms. The van der Waals surface area contributed by atoms with Crippen LogP contribution in [0.15, 0.2) is 0 Å². The summed E-state index contributed by atoms with van der Waals surface area (Å²) in [4.78, 5) is 2.34. The molecule has 0 radical (unpaired) electrons. The lowest BCUT2D eigenvalue weighted by atomic mass is 9.76. The fourth-order valence-corrected chi connectivity index (χ4v) is 3.82. The molecule has 74 valence electrons. The molecule has 0 aromatic rings. The number of hydrogen-bond donors (Lipinski definition) is 0. The van der Waals surface area contributed by atoms with E-state index in [0.717, 1.165) is 44.2 Å². The van der Waals surface area contributed by atoms with Crippen LogP contribution in [0.1, 0.15) is 25.2 Å². The highest BCUT2D eigenvalue weighted by molar-refractivity contribution is 8.00. The topological polar surface area (TPSA) is 12.5 Å². The van der Waals surface area contributed by atoms with Gasteiger partial charge in [-0.25, -0.2) is 0 Å². The zero-order chi connectivity index (χ0) is 12.3. The molecule has 4 heterocycles. The van der Waals surface area contributed by atoms with E-state index in [0.29, 0.717) is 11.7 Å². The highest BCUT2D eigenvalue weighted by Crippen LogP contribution is 2.46. The maximum atomic E-state index is 8.03. The van der Waals surface area contributed by atoms with Gasteiger partial charge in [-0.15, -0.1) is 11.8 Å². The van der Waals surface area contributed by atoms with Gasteiger partial charge in [0.1, 0.15) is 5.41 Å². The molecule has 0 amide bonds. The molecule has 4 rings (SSSR count). The molecule has 0 aliphatic carbocycles. The van der Waals surface area contributed by atoms with Gasteiger partial charge in [-0.2, -0.15) is 0 Å². The first-order valence-corrected chi connectivity index (χ1v) is 5.90. The molecule has 0 N–H and O–H groups in total. The number of nitrogens with zero attached hydrogens (tertiary/aromatic N) is 1. The molecule has 0 saturated carbocycles. The van der Waals surface area contributed by atoms with Crippen LogP contribution in [0.25, 0.3) is 0 Å². The van der Waals surface area contributed by atoms with Crippen molar-refractivity contribution in [2.24, 2.45) is 5.92 Å². The summed E-state index contributed by atoms with van der Waals surface area (Å²) in [7, 11) is 0. The molecule has 2 bridgehead atoms. The van der Waals surface area contributed by atoms with E-state index in [2.05, 4.69) is 4.90 Å². The van der Waals surface area contributed by atoms with Crippen molar-refractivity contribution in [1.29, 1.82) is 0 Å². The minimum Gasteiger partial charge on any atom is -0.359 e. The van der Waals surface area contributed by atoms with E-state index in [1.807, 2.05) is 0 Å². The molecule has 0 unspecified atom stereocenters. The van der Waals surface area contributed by atoms with Crippen LogP contribution in [0.3, 0.4) is 0 Å². The van der Waals surface area contributed by atoms with Gasteiger partial charge in [-0.3, -0.25) is 0 Å². The second kappa shape index (κ2) is 2.88. The van der Waals surface area contributed by atoms with Crippen molar-refractivity contribution in [1.82, 2.24) is 4.90 Å². The van der Waals surface area contributed by atoms with Crippen molar-refractivity contribution in [3.05, 3.63) is 0 Å². The summed E-state index contributed by atoms with van der Waals surface area (Å²) in [5.74, 6) is 1.09. The molecule has 2 nitrogen and oxygen atoms in total. The lowest BCUT2D eigenvalue weighted by Crippen LogP contribution is -2.60. The van der Waals surface area contributed by atoms with Crippen molar-refractivity contribution < 1.29 is 10.2 Å². The number of rotatable bonds is 0. The monoisotopic (exact) mass is 203 g/mol. The van der Waals surface area contributed by atoms with Crippen LogP contribution >= 0.6 is 11.8 Å². The quantitative estimate of drug-likeness (QED) is 0.593. The van der Waals surface area contributed by atoms with E-state index in [9.17, 15) is 0 Å². The molecular formula is C10H17NOS. The van der Waals surface area contributed by atoms with Crippen molar-refractivity contribution in [2.75, 3.05) is 25.4 Å². The van der Waals surface area contributed by atoms with Gasteiger partial charge in [-0.05, 0) is 38.7 Å². The first kappa shape index (κ1) is 5.38. The first-order valence-electron chi connectivity index (χ1n) is 6.91. The van der Waals surface area contributed by atoms with Crippen molar-refractivity contribution in [3.63, 3.8) is 0 Å². The maximum Gasteiger partial charge on any atom is 0.101 e. The third kappa shape index (κ3) is 1.24. The standard InChI is InChI=1S/C10H17NOS/c1-8-12-10(7-13-8)6-11-4-2-9(10)3-5-11/h8-9H,2-7H2,1H3/t8-,10-/m0/s1/i1D3,8D. The van der Waals surface area contributed by atoms with E-state index in [1.165, 1.54) is 0 Å². The van der Waals surface area contributed by atoms with E-state index in [1.54, 1.807) is 0 Å². The first-order chi connectivity index (χ1) is 7.85. The lowest BCUT2D eigenvalue weighted by molar-refractivity contribution is -0.133. The molecule has 3 heteroatoms. The molecular weight excluding hydrogens is 182 g/mol. The summed E-state index contributed by atoms with van der Waals surface area (Å²) >= 11 is 1.15.